The van der Waals surface area contributed by atoms with Crippen LogP contribution in [-0.2, 0) is 17.0 Å². The first-order valence-electron chi connectivity index (χ1n) is 6.43. The van der Waals surface area contributed by atoms with Crippen LogP contribution in [-0.4, -0.2) is 20.3 Å². The summed E-state index contributed by atoms with van der Waals surface area (Å²) in [5, 5.41) is 3.18. The van der Waals surface area contributed by atoms with Gasteiger partial charge in [-0.05, 0) is 24.3 Å². The first-order chi connectivity index (χ1) is 9.81. The molecule has 108 valence electrons. The van der Waals surface area contributed by atoms with Crippen LogP contribution >= 0.6 is 11.8 Å². The van der Waals surface area contributed by atoms with E-state index in [4.69, 9.17) is 9.15 Å². The Kier molecular flexibility index (Phi) is 6.11. The second-order valence-corrected chi connectivity index (χ2v) is 5.27. The van der Waals surface area contributed by atoms with E-state index in [0.29, 0.717) is 31.0 Å². The largest absolute Gasteiger partial charge is 0.468 e. The Balaban J connectivity index is 1.98. The van der Waals surface area contributed by atoms with Gasteiger partial charge in [0, 0.05) is 30.7 Å². The number of furan rings is 1. The van der Waals surface area contributed by atoms with Gasteiger partial charge in [-0.25, -0.2) is 4.39 Å². The van der Waals surface area contributed by atoms with Crippen LogP contribution in [0.2, 0.25) is 0 Å². The fraction of sp³-hybridized carbons (Fsp3) is 0.333. The lowest BCUT2D eigenvalue weighted by molar-refractivity contribution is 0.199. The van der Waals surface area contributed by atoms with E-state index in [1.165, 1.54) is 6.07 Å². The fourth-order valence-corrected chi connectivity index (χ4v) is 2.76. The number of rotatable bonds is 8. The van der Waals surface area contributed by atoms with Gasteiger partial charge in [-0.2, -0.15) is 0 Å². The van der Waals surface area contributed by atoms with Gasteiger partial charge in [0.2, 0.25) is 0 Å². The van der Waals surface area contributed by atoms with Crippen molar-refractivity contribution in [1.82, 2.24) is 5.32 Å². The molecule has 0 radical (unpaired) electrons. The van der Waals surface area contributed by atoms with E-state index >= 15 is 0 Å². The molecule has 3 nitrogen and oxygen atoms in total. The minimum atomic E-state index is -0.181. The van der Waals surface area contributed by atoms with Crippen molar-refractivity contribution >= 4 is 11.8 Å². The average molecular weight is 295 g/mol. The van der Waals surface area contributed by atoms with Crippen molar-refractivity contribution in [2.24, 2.45) is 0 Å². The molecule has 0 amide bonds. The summed E-state index contributed by atoms with van der Waals surface area (Å²) in [6.07, 6.45) is 1.65. The second kappa shape index (κ2) is 8.09. The van der Waals surface area contributed by atoms with Crippen LogP contribution in [0.4, 0.5) is 4.39 Å². The quantitative estimate of drug-likeness (QED) is 0.597. The smallest absolute Gasteiger partial charge is 0.128 e. The summed E-state index contributed by atoms with van der Waals surface area (Å²) >= 11 is 1.58. The van der Waals surface area contributed by atoms with Crippen molar-refractivity contribution in [3.63, 3.8) is 0 Å². The number of thioether (sulfide) groups is 1. The fourth-order valence-electron chi connectivity index (χ4n) is 1.78. The summed E-state index contributed by atoms with van der Waals surface area (Å²) in [5.74, 6) is 1.40. The highest BCUT2D eigenvalue weighted by Gasteiger charge is 2.09. The molecule has 0 bridgehead atoms. The lowest BCUT2D eigenvalue weighted by atomic mass is 10.2. The zero-order valence-electron chi connectivity index (χ0n) is 11.4. The molecule has 20 heavy (non-hydrogen) atoms. The van der Waals surface area contributed by atoms with E-state index in [0.717, 1.165) is 10.7 Å². The van der Waals surface area contributed by atoms with Crippen LogP contribution in [0.25, 0.3) is 0 Å². The predicted octanol–water partition coefficient (Wildman–Crippen LogP) is 3.45. The molecule has 2 rings (SSSR count). The molecule has 1 aromatic heterocycles. The summed E-state index contributed by atoms with van der Waals surface area (Å²) in [6.45, 7) is 1.81. The number of hydrogen-bond donors (Lipinski definition) is 1. The summed E-state index contributed by atoms with van der Waals surface area (Å²) in [5.41, 5.74) is 0.695. The first-order valence-corrected chi connectivity index (χ1v) is 7.42. The average Bonchev–Trinajstić information content (AvgIpc) is 2.96. The van der Waals surface area contributed by atoms with E-state index in [1.807, 2.05) is 18.2 Å². The second-order valence-electron chi connectivity index (χ2n) is 4.25. The van der Waals surface area contributed by atoms with E-state index in [-0.39, 0.29) is 5.82 Å². The highest BCUT2D eigenvalue weighted by molar-refractivity contribution is 7.98. The van der Waals surface area contributed by atoms with Crippen LogP contribution < -0.4 is 5.32 Å². The molecular weight excluding hydrogens is 277 g/mol. The number of benzene rings is 1. The molecule has 0 atom stereocenters. The number of nitrogens with one attached hydrogen (secondary N) is 1. The Labute approximate surface area is 122 Å². The molecule has 5 heteroatoms. The third kappa shape index (κ3) is 4.37. The van der Waals surface area contributed by atoms with Crippen LogP contribution in [0.5, 0.6) is 0 Å². The van der Waals surface area contributed by atoms with Crippen molar-refractivity contribution in [2.45, 2.75) is 17.2 Å². The molecule has 0 aliphatic carbocycles. The third-order valence-electron chi connectivity index (χ3n) is 2.81. The number of hydrogen-bond acceptors (Lipinski definition) is 4. The molecule has 0 unspecified atom stereocenters. The molecule has 1 aromatic carbocycles. The normalized spacial score (nSPS) is 10.9. The summed E-state index contributed by atoms with van der Waals surface area (Å²) in [6, 6.07) is 8.93. The molecule has 1 heterocycles. The SMILES string of the molecule is COCCNCc1c(F)cccc1SCc1ccco1. The van der Waals surface area contributed by atoms with Crippen LogP contribution in [0, 0.1) is 5.82 Å². The highest BCUT2D eigenvalue weighted by atomic mass is 32.2. The lowest BCUT2D eigenvalue weighted by Crippen LogP contribution is -2.19. The minimum absolute atomic E-state index is 0.181. The van der Waals surface area contributed by atoms with Gasteiger partial charge in [-0.3, -0.25) is 0 Å². The highest BCUT2D eigenvalue weighted by Crippen LogP contribution is 2.28. The summed E-state index contributed by atoms with van der Waals surface area (Å²) in [4.78, 5) is 0.936. The van der Waals surface area contributed by atoms with Crippen molar-refractivity contribution in [1.29, 1.82) is 0 Å². The minimum Gasteiger partial charge on any atom is -0.468 e. The maximum atomic E-state index is 13.9. The summed E-state index contributed by atoms with van der Waals surface area (Å²) < 4.78 is 24.2. The first kappa shape index (κ1) is 15.1. The Morgan fingerprint density at radius 1 is 1.30 bits per heavy atom. The molecule has 0 aliphatic rings. The van der Waals surface area contributed by atoms with Gasteiger partial charge in [-0.1, -0.05) is 6.07 Å². The molecule has 2 aromatic rings. The van der Waals surface area contributed by atoms with Crippen LogP contribution in [0.15, 0.2) is 45.9 Å². The zero-order chi connectivity index (χ0) is 14.2. The Morgan fingerprint density at radius 2 is 2.20 bits per heavy atom. The topological polar surface area (TPSA) is 34.4 Å². The van der Waals surface area contributed by atoms with E-state index < -0.39 is 0 Å². The van der Waals surface area contributed by atoms with Crippen molar-refractivity contribution in [3.8, 4) is 0 Å². The Hall–Kier alpha value is -1.30. The van der Waals surface area contributed by atoms with Gasteiger partial charge in [0.25, 0.3) is 0 Å². The molecule has 0 saturated carbocycles. The van der Waals surface area contributed by atoms with Crippen molar-refractivity contribution in [2.75, 3.05) is 20.3 Å². The lowest BCUT2D eigenvalue weighted by Gasteiger charge is -2.11. The molecule has 0 fully saturated rings. The number of methoxy groups -OCH3 is 1. The number of halogens is 1. The van der Waals surface area contributed by atoms with Crippen LogP contribution in [0.1, 0.15) is 11.3 Å². The third-order valence-corrected chi connectivity index (χ3v) is 3.93. The maximum Gasteiger partial charge on any atom is 0.128 e. The summed E-state index contributed by atoms with van der Waals surface area (Å²) in [7, 11) is 1.65. The van der Waals surface area contributed by atoms with Crippen molar-refractivity contribution in [3.05, 3.63) is 53.7 Å². The van der Waals surface area contributed by atoms with Crippen molar-refractivity contribution < 1.29 is 13.5 Å². The molecule has 0 aliphatic heterocycles. The monoisotopic (exact) mass is 295 g/mol. The molecular formula is C15H18FNO2S. The van der Waals surface area contributed by atoms with Crippen LogP contribution in [0.3, 0.4) is 0 Å². The van der Waals surface area contributed by atoms with Gasteiger partial charge in [0.15, 0.2) is 0 Å². The standard InChI is InChI=1S/C15H18FNO2S/c1-18-9-7-17-10-13-14(16)5-2-6-15(13)20-11-12-4-3-8-19-12/h2-6,8,17H,7,9-11H2,1H3. The molecule has 0 saturated heterocycles. The van der Waals surface area contributed by atoms with Gasteiger partial charge in [-0.15, -0.1) is 11.8 Å². The van der Waals surface area contributed by atoms with Gasteiger partial charge < -0.3 is 14.5 Å². The van der Waals surface area contributed by atoms with E-state index in [1.54, 1.807) is 31.2 Å². The maximum absolute atomic E-state index is 13.9. The Morgan fingerprint density at radius 3 is 2.95 bits per heavy atom. The predicted molar refractivity (Wildman–Crippen MR) is 78.3 cm³/mol. The zero-order valence-corrected chi connectivity index (χ0v) is 12.2. The van der Waals surface area contributed by atoms with E-state index in [9.17, 15) is 4.39 Å². The van der Waals surface area contributed by atoms with Gasteiger partial charge in [0.05, 0.1) is 18.6 Å². The molecule has 0 spiro atoms. The van der Waals surface area contributed by atoms with Gasteiger partial charge >= 0.3 is 0 Å². The Bertz CT molecular complexity index is 517. The van der Waals surface area contributed by atoms with E-state index in [2.05, 4.69) is 5.32 Å². The number of ether oxygens (including phenoxy) is 1. The van der Waals surface area contributed by atoms with Gasteiger partial charge in [0.1, 0.15) is 11.6 Å². The molecule has 1 N–H and O–H groups in total.